The van der Waals surface area contributed by atoms with Crippen molar-refractivity contribution in [3.05, 3.63) is 57.6 Å². The lowest BCUT2D eigenvalue weighted by Gasteiger charge is -2.20. The summed E-state index contributed by atoms with van der Waals surface area (Å²) in [5.41, 5.74) is 7.53. The van der Waals surface area contributed by atoms with Crippen LogP contribution in [-0.2, 0) is 36.8 Å². The molecule has 3 rings (SSSR count). The Hall–Kier alpha value is -5.78. The fraction of sp³-hybridized carbons (Fsp3) is 0.459. The number of hydrogen-bond acceptors (Lipinski definition) is 11. The maximum atomic E-state index is 12.9. The number of benzene rings is 1. The Morgan fingerprint density at radius 1 is 0.885 bits per heavy atom. The number of H-pyrrole nitrogens is 1. The van der Waals surface area contributed by atoms with Crippen LogP contribution in [0.4, 0.5) is 5.95 Å². The van der Waals surface area contributed by atoms with Gasteiger partial charge in [0.1, 0.15) is 0 Å². The number of nitrogens with two attached hydrogens (primary N) is 1. The van der Waals surface area contributed by atoms with Crippen LogP contribution >= 0.6 is 0 Å². The van der Waals surface area contributed by atoms with E-state index in [4.69, 9.17) is 12.2 Å². The predicted molar refractivity (Wildman–Crippen MR) is 194 cm³/mol. The molecule has 0 radical (unpaired) electrons. The van der Waals surface area contributed by atoms with Crippen molar-refractivity contribution in [2.45, 2.75) is 90.6 Å². The molecular weight excluding hydrogens is 668 g/mol. The molecule has 2 heterocycles. The second-order valence-corrected chi connectivity index (χ2v) is 12.8. The highest BCUT2D eigenvalue weighted by Gasteiger charge is 2.28. The van der Waals surface area contributed by atoms with Crippen molar-refractivity contribution < 1.29 is 28.8 Å². The molecule has 0 spiro atoms. The van der Waals surface area contributed by atoms with E-state index < -0.39 is 41.2 Å². The third-order valence-electron chi connectivity index (χ3n) is 8.58. The number of carbonyl (C=O) groups excluding carboxylic acids is 6. The number of anilines is 1. The summed E-state index contributed by atoms with van der Waals surface area (Å²) in [5.74, 6) is -1.09. The van der Waals surface area contributed by atoms with Crippen LogP contribution in [0.25, 0.3) is 11.2 Å². The molecule has 0 saturated heterocycles. The molecule has 276 valence electrons. The smallest absolute Gasteiger partial charge is 0.280 e. The Morgan fingerprint density at radius 3 is 2.21 bits per heavy atom. The van der Waals surface area contributed by atoms with Gasteiger partial charge in [-0.2, -0.15) is 4.98 Å². The van der Waals surface area contributed by atoms with Crippen LogP contribution in [0.5, 0.6) is 0 Å². The van der Waals surface area contributed by atoms with Crippen LogP contribution in [0.3, 0.4) is 0 Å². The van der Waals surface area contributed by atoms with Crippen LogP contribution in [0, 0.1) is 24.2 Å². The van der Waals surface area contributed by atoms with Gasteiger partial charge in [-0.1, -0.05) is 31.2 Å². The number of terminal acetylenes is 1. The van der Waals surface area contributed by atoms with Crippen molar-refractivity contribution in [1.82, 2.24) is 35.9 Å². The minimum Gasteiger partial charge on any atom is -0.369 e. The largest absolute Gasteiger partial charge is 0.369 e. The number of aryl methyl sites for hydroxylation is 2. The molecule has 52 heavy (non-hydrogen) atoms. The van der Waals surface area contributed by atoms with Gasteiger partial charge in [0.25, 0.3) is 5.56 Å². The molecule has 2 aromatic heterocycles. The lowest BCUT2D eigenvalue weighted by atomic mass is 9.94. The van der Waals surface area contributed by atoms with Crippen LogP contribution in [0.1, 0.15) is 87.3 Å². The van der Waals surface area contributed by atoms with Crippen LogP contribution in [0.2, 0.25) is 0 Å². The SMILES string of the molecule is C#CC[C@H](CC(=O)[C@H](C)NC(=O)CCCCC(=O)c1ccc(CCc2cnc3nc(N)[nH]c(=O)c3n2)cc1)C(=O)N[C@@H](C)C(=O)C[C@@H](C)C(=O)NC. The van der Waals surface area contributed by atoms with Gasteiger partial charge in [0.05, 0.1) is 29.9 Å². The summed E-state index contributed by atoms with van der Waals surface area (Å²) < 4.78 is 0. The van der Waals surface area contributed by atoms with Crippen molar-refractivity contribution in [2.75, 3.05) is 12.8 Å². The maximum Gasteiger partial charge on any atom is 0.280 e. The minimum absolute atomic E-state index is 0.0269. The number of fused-ring (bicyclic) bond motifs is 1. The predicted octanol–water partition coefficient (Wildman–Crippen LogP) is 1.77. The van der Waals surface area contributed by atoms with Gasteiger partial charge < -0.3 is 21.7 Å². The number of rotatable bonds is 20. The van der Waals surface area contributed by atoms with E-state index >= 15 is 0 Å². The third-order valence-corrected chi connectivity index (χ3v) is 8.58. The summed E-state index contributed by atoms with van der Waals surface area (Å²) in [6.45, 7) is 4.64. The van der Waals surface area contributed by atoms with Gasteiger partial charge in [-0.05, 0) is 45.1 Å². The maximum absolute atomic E-state index is 12.9. The third kappa shape index (κ3) is 12.2. The molecule has 15 nitrogen and oxygen atoms in total. The highest BCUT2D eigenvalue weighted by Crippen LogP contribution is 2.15. The molecular formula is C37H46N8O7. The summed E-state index contributed by atoms with van der Waals surface area (Å²) in [6, 6.07) is 5.46. The molecule has 0 aliphatic rings. The first-order chi connectivity index (χ1) is 24.7. The quantitative estimate of drug-likeness (QED) is 0.0642. The number of nitrogens with one attached hydrogen (secondary N) is 4. The second kappa shape index (κ2) is 19.6. The number of nitrogen functional groups attached to an aromatic ring is 1. The number of aromatic amines is 1. The lowest BCUT2D eigenvalue weighted by Crippen LogP contribution is -2.45. The van der Waals surface area contributed by atoms with Crippen LogP contribution in [0.15, 0.2) is 35.3 Å². The van der Waals surface area contributed by atoms with Crippen molar-refractivity contribution in [3.63, 3.8) is 0 Å². The van der Waals surface area contributed by atoms with E-state index in [9.17, 15) is 33.6 Å². The zero-order chi connectivity index (χ0) is 38.4. The van der Waals surface area contributed by atoms with E-state index in [1.165, 1.54) is 20.9 Å². The van der Waals surface area contributed by atoms with E-state index in [1.807, 2.05) is 12.1 Å². The highest BCUT2D eigenvalue weighted by molar-refractivity contribution is 5.96. The summed E-state index contributed by atoms with van der Waals surface area (Å²) in [7, 11) is 1.47. The van der Waals surface area contributed by atoms with Crippen molar-refractivity contribution in [2.24, 2.45) is 11.8 Å². The van der Waals surface area contributed by atoms with Gasteiger partial charge in [0.15, 0.2) is 28.5 Å². The van der Waals surface area contributed by atoms with Gasteiger partial charge in [0.2, 0.25) is 23.7 Å². The monoisotopic (exact) mass is 714 g/mol. The van der Waals surface area contributed by atoms with Gasteiger partial charge in [-0.25, -0.2) is 9.97 Å². The number of unbranched alkanes of at least 4 members (excludes halogenated alkanes) is 1. The second-order valence-electron chi connectivity index (χ2n) is 12.8. The summed E-state index contributed by atoms with van der Waals surface area (Å²) in [4.78, 5) is 102. The van der Waals surface area contributed by atoms with Crippen molar-refractivity contribution >= 4 is 52.2 Å². The lowest BCUT2D eigenvalue weighted by molar-refractivity contribution is -0.134. The number of ketones is 3. The van der Waals surface area contributed by atoms with Crippen LogP contribution in [-0.4, -0.2) is 74.1 Å². The molecule has 0 saturated carbocycles. The number of nitrogens with zero attached hydrogens (tertiary/aromatic N) is 3. The Labute approximate surface area is 301 Å². The van der Waals surface area contributed by atoms with Crippen LogP contribution < -0.4 is 27.2 Å². The van der Waals surface area contributed by atoms with E-state index in [-0.39, 0.29) is 72.6 Å². The number of Topliss-reactive ketones (excluding diaryl/α,β-unsaturated/α-hetero) is 3. The van der Waals surface area contributed by atoms with E-state index in [0.717, 1.165) is 5.56 Å². The standard InChI is InChI=1S/C37H46N8O7/c1-6-9-26(35(51)42-23(4)29(47)18-21(2)34(50)39-5)19-30(48)22(3)41-31(49)11-8-7-10-28(46)25-15-12-24(13-16-25)14-17-27-20-40-33-32(43-27)36(52)45-37(38)44-33/h1,12-13,15-16,20-23,26H,7-11,14,17-19H2,2-5H3,(H,39,50)(H,41,49)(H,42,51)(H3,38,40,44,45,52)/t21-,22+,23+,26-/m1/s1. The molecule has 3 amide bonds. The molecule has 0 aliphatic heterocycles. The number of aromatic nitrogens is 4. The molecule has 3 aromatic rings. The number of hydrogen-bond donors (Lipinski definition) is 5. The molecule has 0 bridgehead atoms. The molecule has 0 unspecified atom stereocenters. The average molecular weight is 715 g/mol. The molecule has 1 aromatic carbocycles. The Morgan fingerprint density at radius 2 is 1.54 bits per heavy atom. The minimum atomic E-state index is -0.895. The van der Waals surface area contributed by atoms with Gasteiger partial charge in [-0.3, -0.25) is 38.5 Å². The normalized spacial score (nSPS) is 13.2. The first kappa shape index (κ1) is 40.6. The first-order valence-electron chi connectivity index (χ1n) is 17.2. The summed E-state index contributed by atoms with van der Waals surface area (Å²) in [6.07, 6.45) is 9.05. The number of amides is 3. The summed E-state index contributed by atoms with van der Waals surface area (Å²) >= 11 is 0. The van der Waals surface area contributed by atoms with Gasteiger partial charge >= 0.3 is 0 Å². The van der Waals surface area contributed by atoms with E-state index in [2.05, 4.69) is 41.8 Å². The fourth-order valence-electron chi connectivity index (χ4n) is 5.38. The Balaban J connectivity index is 1.38. The zero-order valence-electron chi connectivity index (χ0n) is 29.9. The van der Waals surface area contributed by atoms with Crippen molar-refractivity contribution in [1.29, 1.82) is 0 Å². The van der Waals surface area contributed by atoms with Gasteiger partial charge in [0, 0.05) is 50.6 Å². The summed E-state index contributed by atoms with van der Waals surface area (Å²) in [5, 5.41) is 7.71. The molecule has 15 heteroatoms. The Kier molecular flexibility index (Phi) is 15.3. The number of carbonyl (C=O) groups is 6. The Bertz CT molecular complexity index is 1880. The van der Waals surface area contributed by atoms with Crippen molar-refractivity contribution in [3.8, 4) is 12.3 Å². The molecule has 0 aliphatic carbocycles. The fourth-order valence-corrected chi connectivity index (χ4v) is 5.38. The highest BCUT2D eigenvalue weighted by atomic mass is 16.2. The molecule has 0 fully saturated rings. The van der Waals surface area contributed by atoms with E-state index in [1.54, 1.807) is 25.3 Å². The zero-order valence-corrected chi connectivity index (χ0v) is 29.9. The average Bonchev–Trinajstić information content (AvgIpc) is 3.11. The first-order valence-corrected chi connectivity index (χ1v) is 17.2. The van der Waals surface area contributed by atoms with Gasteiger partial charge in [-0.15, -0.1) is 12.3 Å². The topological polar surface area (TPSA) is 236 Å². The molecule has 4 atom stereocenters. The van der Waals surface area contributed by atoms with E-state index in [0.29, 0.717) is 36.9 Å². The molecule has 6 N–H and O–H groups in total.